The lowest BCUT2D eigenvalue weighted by molar-refractivity contribution is 0.181. The van der Waals surface area contributed by atoms with E-state index in [1.807, 2.05) is 0 Å². The van der Waals surface area contributed by atoms with Gasteiger partial charge in [0.2, 0.25) is 10.0 Å². The Morgan fingerprint density at radius 1 is 1.53 bits per heavy atom. The smallest absolute Gasteiger partial charge is 0.243 e. The van der Waals surface area contributed by atoms with Gasteiger partial charge in [-0.1, -0.05) is 24.4 Å². The molecule has 0 spiro atoms. The van der Waals surface area contributed by atoms with Crippen LogP contribution in [-0.2, 0) is 14.8 Å². The number of likely N-dealkylation sites (N-methyl/N-ethyl adjacent to an activating group) is 1. The summed E-state index contributed by atoms with van der Waals surface area (Å²) in [6, 6.07) is 6.27. The molecule has 1 atom stereocenters. The third-order valence-electron chi connectivity index (χ3n) is 3.22. The number of hydrogen-bond acceptors (Lipinski definition) is 4. The number of nitrogens with two attached hydrogens (primary N) is 1. The van der Waals surface area contributed by atoms with E-state index in [1.54, 1.807) is 25.2 Å². The van der Waals surface area contributed by atoms with Gasteiger partial charge in [-0.3, -0.25) is 0 Å². The molecule has 2 rings (SSSR count). The molecule has 0 radical (unpaired) electrons. The van der Waals surface area contributed by atoms with Crippen LogP contribution in [-0.4, -0.2) is 44.0 Å². The molecule has 1 aliphatic heterocycles. The molecule has 2 N–H and O–H groups in total. The number of thiocarbonyl (C=S) groups is 1. The summed E-state index contributed by atoms with van der Waals surface area (Å²) in [4.78, 5) is 0.385. The van der Waals surface area contributed by atoms with Crippen LogP contribution in [0.4, 0.5) is 0 Å². The van der Waals surface area contributed by atoms with Crippen LogP contribution in [0.3, 0.4) is 0 Å². The summed E-state index contributed by atoms with van der Waals surface area (Å²) in [6.45, 7) is 1.03. The molecule has 1 unspecified atom stereocenters. The predicted octanol–water partition coefficient (Wildman–Crippen LogP) is 0.730. The summed E-state index contributed by atoms with van der Waals surface area (Å²) < 4.78 is 31.5. The summed E-state index contributed by atoms with van der Waals surface area (Å²) in [5, 5.41) is 0. The zero-order valence-electron chi connectivity index (χ0n) is 10.6. The molecule has 1 heterocycles. The minimum absolute atomic E-state index is 0.113. The Hall–Kier alpha value is -1.02. The van der Waals surface area contributed by atoms with Gasteiger partial charge in [-0.25, -0.2) is 8.42 Å². The summed E-state index contributed by atoms with van der Waals surface area (Å²) in [5.74, 6) is 0. The van der Waals surface area contributed by atoms with Crippen molar-refractivity contribution in [2.45, 2.75) is 17.4 Å². The van der Waals surface area contributed by atoms with Gasteiger partial charge in [-0.15, -0.1) is 0 Å². The molecular formula is C12H16N2O3S2. The summed E-state index contributed by atoms with van der Waals surface area (Å²) in [7, 11) is -1.97. The highest BCUT2D eigenvalue weighted by Crippen LogP contribution is 2.21. The molecule has 5 nitrogen and oxygen atoms in total. The monoisotopic (exact) mass is 300 g/mol. The van der Waals surface area contributed by atoms with Crippen molar-refractivity contribution < 1.29 is 13.2 Å². The van der Waals surface area contributed by atoms with E-state index in [1.165, 1.54) is 10.4 Å². The molecule has 0 aromatic heterocycles. The van der Waals surface area contributed by atoms with E-state index in [0.29, 0.717) is 25.2 Å². The molecule has 0 saturated carbocycles. The third-order valence-corrected chi connectivity index (χ3v) is 5.36. The molecule has 19 heavy (non-hydrogen) atoms. The van der Waals surface area contributed by atoms with Gasteiger partial charge in [0.05, 0.1) is 17.5 Å². The van der Waals surface area contributed by atoms with Crippen LogP contribution in [0.1, 0.15) is 12.0 Å². The SMILES string of the molecule is CN(C1CCOC1)S(=O)(=O)c1cccc(C(N)=S)c1. The Balaban J connectivity index is 2.33. The number of rotatable bonds is 4. The van der Waals surface area contributed by atoms with Gasteiger partial charge < -0.3 is 10.5 Å². The van der Waals surface area contributed by atoms with E-state index in [4.69, 9.17) is 22.7 Å². The van der Waals surface area contributed by atoms with Crippen LogP contribution in [0, 0.1) is 0 Å². The molecule has 1 aromatic carbocycles. The molecule has 0 aliphatic carbocycles. The zero-order chi connectivity index (χ0) is 14.0. The highest BCUT2D eigenvalue weighted by molar-refractivity contribution is 7.89. The Bertz CT molecular complexity index is 580. The first-order valence-corrected chi connectivity index (χ1v) is 7.73. The van der Waals surface area contributed by atoms with Gasteiger partial charge in [0.1, 0.15) is 4.99 Å². The van der Waals surface area contributed by atoms with Crippen molar-refractivity contribution in [3.05, 3.63) is 29.8 Å². The highest BCUT2D eigenvalue weighted by atomic mass is 32.2. The summed E-state index contributed by atoms with van der Waals surface area (Å²) >= 11 is 4.87. The molecule has 1 saturated heterocycles. The lowest BCUT2D eigenvalue weighted by Gasteiger charge is -2.22. The number of sulfonamides is 1. The fraction of sp³-hybridized carbons (Fsp3) is 0.417. The number of hydrogen-bond donors (Lipinski definition) is 1. The van der Waals surface area contributed by atoms with Crippen LogP contribution in [0.15, 0.2) is 29.2 Å². The Morgan fingerprint density at radius 3 is 2.84 bits per heavy atom. The van der Waals surface area contributed by atoms with E-state index in [-0.39, 0.29) is 15.9 Å². The minimum Gasteiger partial charge on any atom is -0.389 e. The van der Waals surface area contributed by atoms with Crippen molar-refractivity contribution in [3.63, 3.8) is 0 Å². The van der Waals surface area contributed by atoms with E-state index in [9.17, 15) is 8.42 Å². The lowest BCUT2D eigenvalue weighted by atomic mass is 10.2. The quantitative estimate of drug-likeness (QED) is 0.830. The van der Waals surface area contributed by atoms with Gasteiger partial charge in [-0.2, -0.15) is 4.31 Å². The molecule has 104 valence electrons. The van der Waals surface area contributed by atoms with Gasteiger partial charge in [0, 0.05) is 19.2 Å². The second-order valence-corrected chi connectivity index (χ2v) is 6.87. The molecule has 1 aliphatic rings. The average molecular weight is 300 g/mol. The fourth-order valence-electron chi connectivity index (χ4n) is 1.98. The van der Waals surface area contributed by atoms with Crippen LogP contribution >= 0.6 is 12.2 Å². The fourth-order valence-corrected chi connectivity index (χ4v) is 3.53. The number of nitrogens with zero attached hydrogens (tertiary/aromatic N) is 1. The maximum atomic E-state index is 12.5. The van der Waals surface area contributed by atoms with Gasteiger partial charge in [0.25, 0.3) is 0 Å². The second-order valence-electron chi connectivity index (χ2n) is 4.43. The van der Waals surface area contributed by atoms with E-state index >= 15 is 0 Å². The van der Waals surface area contributed by atoms with E-state index < -0.39 is 10.0 Å². The van der Waals surface area contributed by atoms with Crippen LogP contribution in [0.2, 0.25) is 0 Å². The molecule has 1 fully saturated rings. The van der Waals surface area contributed by atoms with E-state index in [2.05, 4.69) is 0 Å². The molecule has 1 aromatic rings. The normalized spacial score (nSPS) is 19.8. The predicted molar refractivity (Wildman–Crippen MR) is 76.5 cm³/mol. The average Bonchev–Trinajstić information content (AvgIpc) is 2.91. The molecular weight excluding hydrogens is 284 g/mol. The minimum atomic E-state index is -3.54. The van der Waals surface area contributed by atoms with Gasteiger partial charge in [-0.05, 0) is 18.6 Å². The van der Waals surface area contributed by atoms with Crippen LogP contribution in [0.5, 0.6) is 0 Å². The van der Waals surface area contributed by atoms with Gasteiger partial charge >= 0.3 is 0 Å². The Morgan fingerprint density at radius 2 is 2.26 bits per heavy atom. The number of benzene rings is 1. The van der Waals surface area contributed by atoms with Crippen molar-refractivity contribution in [2.24, 2.45) is 5.73 Å². The lowest BCUT2D eigenvalue weighted by Crippen LogP contribution is -2.37. The Labute approximate surface area is 118 Å². The molecule has 0 bridgehead atoms. The summed E-state index contributed by atoms with van der Waals surface area (Å²) in [6.07, 6.45) is 0.713. The summed E-state index contributed by atoms with van der Waals surface area (Å²) in [5.41, 5.74) is 6.08. The van der Waals surface area contributed by atoms with Crippen LogP contribution in [0.25, 0.3) is 0 Å². The van der Waals surface area contributed by atoms with Gasteiger partial charge in [0.15, 0.2) is 0 Å². The van der Waals surface area contributed by atoms with Crippen LogP contribution < -0.4 is 5.73 Å². The largest absolute Gasteiger partial charge is 0.389 e. The topological polar surface area (TPSA) is 72.6 Å². The molecule has 0 amide bonds. The first-order chi connectivity index (χ1) is 8.93. The van der Waals surface area contributed by atoms with Crippen molar-refractivity contribution in [1.82, 2.24) is 4.31 Å². The standard InChI is InChI=1S/C12H16N2O3S2/c1-14(10-5-6-17-8-10)19(15,16)11-4-2-3-9(7-11)12(13)18/h2-4,7,10H,5-6,8H2,1H3,(H2,13,18). The maximum absolute atomic E-state index is 12.5. The van der Waals surface area contributed by atoms with Crippen molar-refractivity contribution in [3.8, 4) is 0 Å². The Kier molecular flexibility index (Phi) is 4.19. The first kappa shape index (κ1) is 14.4. The highest BCUT2D eigenvalue weighted by Gasteiger charge is 2.30. The van der Waals surface area contributed by atoms with Crippen molar-refractivity contribution >= 4 is 27.2 Å². The third kappa shape index (κ3) is 2.94. The molecule has 7 heteroatoms. The first-order valence-electron chi connectivity index (χ1n) is 5.88. The zero-order valence-corrected chi connectivity index (χ0v) is 12.2. The maximum Gasteiger partial charge on any atom is 0.243 e. The number of ether oxygens (including phenoxy) is 1. The van der Waals surface area contributed by atoms with E-state index in [0.717, 1.165) is 0 Å². The van der Waals surface area contributed by atoms with Crippen molar-refractivity contribution in [2.75, 3.05) is 20.3 Å². The second kappa shape index (κ2) is 5.54. The van der Waals surface area contributed by atoms with Crippen molar-refractivity contribution in [1.29, 1.82) is 0 Å².